The first-order valence-corrected chi connectivity index (χ1v) is 11.5. The SMILES string of the molecule is CC(C)(C)OC(=O)N1CCN(c2nc(C(F)(F)F)nc3c(F)c(-c4c(O)cccc4F)c(Cl)cc23)CC1. The van der Waals surface area contributed by atoms with Crippen molar-refractivity contribution in [1.29, 1.82) is 0 Å². The maximum Gasteiger partial charge on any atom is 0.451 e. The van der Waals surface area contributed by atoms with Gasteiger partial charge in [0.1, 0.15) is 28.5 Å². The summed E-state index contributed by atoms with van der Waals surface area (Å²) in [7, 11) is 0. The fraction of sp³-hybridized carbons (Fsp3) is 0.375. The zero-order chi connectivity index (χ0) is 27.3. The molecule has 0 radical (unpaired) electrons. The second-order valence-electron chi connectivity index (χ2n) is 9.40. The maximum atomic E-state index is 15.7. The van der Waals surface area contributed by atoms with E-state index in [1.807, 2.05) is 0 Å². The number of phenols is 1. The quantitative estimate of drug-likeness (QED) is 0.398. The number of carbonyl (C=O) groups excluding carboxylic acids is 1. The van der Waals surface area contributed by atoms with Gasteiger partial charge in [0, 0.05) is 37.1 Å². The van der Waals surface area contributed by atoms with Gasteiger partial charge in [0.15, 0.2) is 5.82 Å². The average Bonchev–Trinajstić information content (AvgIpc) is 2.79. The number of aromatic hydroxyl groups is 1. The van der Waals surface area contributed by atoms with E-state index in [1.165, 1.54) is 15.9 Å². The van der Waals surface area contributed by atoms with Crippen LogP contribution >= 0.6 is 11.6 Å². The second kappa shape index (κ2) is 9.47. The lowest BCUT2D eigenvalue weighted by atomic mass is 10.0. The highest BCUT2D eigenvalue weighted by Crippen LogP contribution is 2.43. The number of rotatable bonds is 2. The molecule has 1 N–H and O–H groups in total. The predicted octanol–water partition coefficient (Wildman–Crippen LogP) is 6.01. The topological polar surface area (TPSA) is 78.8 Å². The Morgan fingerprint density at radius 1 is 1.05 bits per heavy atom. The number of ether oxygens (including phenoxy) is 1. The molecule has 13 heteroatoms. The summed E-state index contributed by atoms with van der Waals surface area (Å²) in [6, 6.07) is 4.36. The highest BCUT2D eigenvalue weighted by atomic mass is 35.5. The molecule has 2 heterocycles. The second-order valence-corrected chi connectivity index (χ2v) is 9.81. The van der Waals surface area contributed by atoms with Crippen LogP contribution in [0.25, 0.3) is 22.0 Å². The van der Waals surface area contributed by atoms with Crippen molar-refractivity contribution in [2.75, 3.05) is 31.1 Å². The van der Waals surface area contributed by atoms with Crippen LogP contribution in [0.15, 0.2) is 24.3 Å². The van der Waals surface area contributed by atoms with E-state index >= 15 is 4.39 Å². The van der Waals surface area contributed by atoms with E-state index in [2.05, 4.69) is 9.97 Å². The number of carbonyl (C=O) groups is 1. The molecule has 37 heavy (non-hydrogen) atoms. The number of piperazine rings is 1. The van der Waals surface area contributed by atoms with E-state index in [0.717, 1.165) is 18.2 Å². The summed E-state index contributed by atoms with van der Waals surface area (Å²) in [5, 5.41) is 9.62. The van der Waals surface area contributed by atoms with Crippen molar-refractivity contribution in [3.05, 3.63) is 46.7 Å². The van der Waals surface area contributed by atoms with E-state index in [4.69, 9.17) is 16.3 Å². The Kier molecular flexibility index (Phi) is 6.82. The molecule has 0 unspecified atom stereocenters. The third-order valence-electron chi connectivity index (χ3n) is 5.59. The average molecular weight is 545 g/mol. The molecule has 0 spiro atoms. The molecule has 0 saturated carbocycles. The van der Waals surface area contributed by atoms with Crippen LogP contribution in [0.1, 0.15) is 26.6 Å². The molecule has 1 fully saturated rings. The maximum absolute atomic E-state index is 15.7. The molecular formula is C24H22ClF5N4O3. The van der Waals surface area contributed by atoms with Gasteiger partial charge in [0.2, 0.25) is 5.82 Å². The van der Waals surface area contributed by atoms with Crippen LogP contribution in [0, 0.1) is 11.6 Å². The first kappa shape index (κ1) is 26.6. The molecule has 0 atom stereocenters. The third kappa shape index (κ3) is 5.34. The molecule has 198 valence electrons. The lowest BCUT2D eigenvalue weighted by molar-refractivity contribution is -0.144. The van der Waals surface area contributed by atoms with Gasteiger partial charge in [0.05, 0.1) is 10.6 Å². The van der Waals surface area contributed by atoms with Gasteiger partial charge >= 0.3 is 12.3 Å². The Hall–Kier alpha value is -3.41. The largest absolute Gasteiger partial charge is 0.507 e. The fourth-order valence-electron chi connectivity index (χ4n) is 3.96. The van der Waals surface area contributed by atoms with Crippen LogP contribution < -0.4 is 4.90 Å². The zero-order valence-electron chi connectivity index (χ0n) is 20.0. The molecule has 7 nitrogen and oxygen atoms in total. The molecule has 1 saturated heterocycles. The number of benzene rings is 2. The van der Waals surface area contributed by atoms with Gasteiger partial charge in [0.25, 0.3) is 0 Å². The van der Waals surface area contributed by atoms with E-state index in [-0.39, 0.29) is 42.4 Å². The summed E-state index contributed by atoms with van der Waals surface area (Å²) in [4.78, 5) is 22.3. The van der Waals surface area contributed by atoms with Crippen LogP contribution in [0.3, 0.4) is 0 Å². The van der Waals surface area contributed by atoms with E-state index in [9.17, 15) is 27.5 Å². The molecule has 2 aromatic carbocycles. The lowest BCUT2D eigenvalue weighted by Gasteiger charge is -2.36. The Labute approximate surface area is 213 Å². The number of phenolic OH excluding ortho intramolecular Hbond substituents is 1. The van der Waals surface area contributed by atoms with Crippen LogP contribution in [0.4, 0.5) is 32.6 Å². The Morgan fingerprint density at radius 2 is 1.70 bits per heavy atom. The number of alkyl halides is 3. The van der Waals surface area contributed by atoms with Crippen molar-refractivity contribution in [2.45, 2.75) is 32.5 Å². The number of halogens is 6. The minimum atomic E-state index is -5.02. The molecule has 1 amide bonds. The Morgan fingerprint density at radius 3 is 2.27 bits per heavy atom. The molecule has 1 aliphatic heterocycles. The minimum Gasteiger partial charge on any atom is -0.507 e. The number of amides is 1. The summed E-state index contributed by atoms with van der Waals surface area (Å²) in [6.45, 7) is 5.48. The van der Waals surface area contributed by atoms with Crippen LogP contribution in [0.5, 0.6) is 5.75 Å². The molecule has 4 rings (SSSR count). The molecular weight excluding hydrogens is 523 g/mol. The smallest absolute Gasteiger partial charge is 0.451 e. The first-order valence-electron chi connectivity index (χ1n) is 11.1. The number of hydrogen-bond acceptors (Lipinski definition) is 6. The highest BCUT2D eigenvalue weighted by Gasteiger charge is 2.38. The van der Waals surface area contributed by atoms with E-state index in [0.29, 0.717) is 0 Å². The lowest BCUT2D eigenvalue weighted by Crippen LogP contribution is -2.50. The summed E-state index contributed by atoms with van der Waals surface area (Å²) < 4.78 is 76.6. The van der Waals surface area contributed by atoms with Crippen molar-refractivity contribution in [1.82, 2.24) is 14.9 Å². The van der Waals surface area contributed by atoms with Gasteiger partial charge < -0.3 is 19.6 Å². The van der Waals surface area contributed by atoms with Crippen molar-refractivity contribution >= 4 is 34.4 Å². The van der Waals surface area contributed by atoms with Crippen molar-refractivity contribution in [3.63, 3.8) is 0 Å². The van der Waals surface area contributed by atoms with Gasteiger partial charge in [-0.2, -0.15) is 13.2 Å². The summed E-state index contributed by atoms with van der Waals surface area (Å²) in [5.41, 5.74) is -2.70. The number of anilines is 1. The van der Waals surface area contributed by atoms with Crippen LogP contribution in [-0.2, 0) is 10.9 Å². The summed E-state index contributed by atoms with van der Waals surface area (Å²) in [5.74, 6) is -4.86. The highest BCUT2D eigenvalue weighted by molar-refractivity contribution is 6.34. The van der Waals surface area contributed by atoms with Gasteiger partial charge in [-0.25, -0.2) is 23.5 Å². The third-order valence-corrected chi connectivity index (χ3v) is 5.89. The van der Waals surface area contributed by atoms with Gasteiger partial charge in [-0.1, -0.05) is 17.7 Å². The fourth-order valence-corrected chi connectivity index (χ4v) is 4.25. The van der Waals surface area contributed by atoms with E-state index in [1.54, 1.807) is 20.8 Å². The molecule has 1 aromatic heterocycles. The van der Waals surface area contributed by atoms with E-state index < -0.39 is 57.7 Å². The van der Waals surface area contributed by atoms with Gasteiger partial charge in [-0.15, -0.1) is 0 Å². The van der Waals surface area contributed by atoms with Crippen molar-refractivity contribution in [2.24, 2.45) is 0 Å². The summed E-state index contributed by atoms with van der Waals surface area (Å²) >= 11 is 6.27. The number of hydrogen-bond donors (Lipinski definition) is 1. The van der Waals surface area contributed by atoms with Gasteiger partial charge in [-0.05, 0) is 39.0 Å². The molecule has 3 aromatic rings. The Bertz CT molecular complexity index is 1350. The van der Waals surface area contributed by atoms with Crippen LogP contribution in [-0.4, -0.2) is 57.8 Å². The van der Waals surface area contributed by atoms with Gasteiger partial charge in [-0.3, -0.25) is 0 Å². The Balaban J connectivity index is 1.81. The standard InChI is InChI=1S/C24H22ClF5N4O3/c1-23(2,3)37-22(36)34-9-7-33(8-10-34)20-12-11-13(25)16(17-14(26)5-4-6-15(17)35)18(27)19(12)31-21(32-20)24(28,29)30/h4-6,11,35H,7-10H2,1-3H3. The summed E-state index contributed by atoms with van der Waals surface area (Å²) in [6.07, 6.45) is -5.59. The molecule has 0 bridgehead atoms. The normalized spacial score (nSPS) is 14.8. The van der Waals surface area contributed by atoms with Crippen molar-refractivity contribution < 1.29 is 36.6 Å². The minimum absolute atomic E-state index is 0.0672. The predicted molar refractivity (Wildman–Crippen MR) is 127 cm³/mol. The number of nitrogens with zero attached hydrogens (tertiary/aromatic N) is 4. The first-order chi connectivity index (χ1) is 17.2. The zero-order valence-corrected chi connectivity index (χ0v) is 20.7. The van der Waals surface area contributed by atoms with Crippen molar-refractivity contribution in [3.8, 4) is 16.9 Å². The number of aromatic nitrogens is 2. The molecule has 1 aliphatic rings. The number of fused-ring (bicyclic) bond motifs is 1. The monoisotopic (exact) mass is 544 g/mol. The van der Waals surface area contributed by atoms with Crippen LogP contribution in [0.2, 0.25) is 5.02 Å². The molecule has 0 aliphatic carbocycles.